The lowest BCUT2D eigenvalue weighted by atomic mass is 10.1. The van der Waals surface area contributed by atoms with Crippen LogP contribution in [0, 0.1) is 0 Å². The first-order valence-electron chi connectivity index (χ1n) is 4.54. The van der Waals surface area contributed by atoms with E-state index in [0.29, 0.717) is 0 Å². The molecule has 0 aromatic carbocycles. The molecule has 0 aromatic rings. The molecular formula is C9H18N2O4. The lowest BCUT2D eigenvalue weighted by molar-refractivity contribution is -0.134. The first kappa shape index (κ1) is 13.7. The van der Waals surface area contributed by atoms with Crippen LogP contribution in [0.4, 0.5) is 4.79 Å². The van der Waals surface area contributed by atoms with Crippen molar-refractivity contribution in [2.45, 2.75) is 45.8 Å². The largest absolute Gasteiger partial charge is 0.444 e. The van der Waals surface area contributed by atoms with Crippen LogP contribution in [-0.4, -0.2) is 28.3 Å². The molecule has 15 heavy (non-hydrogen) atoms. The van der Waals surface area contributed by atoms with Crippen LogP contribution in [0.2, 0.25) is 0 Å². The number of hydrogen-bond donors (Lipinski definition) is 3. The van der Waals surface area contributed by atoms with Crippen molar-refractivity contribution in [2.24, 2.45) is 0 Å². The lowest BCUT2D eigenvalue weighted by Gasteiger charge is -2.26. The minimum Gasteiger partial charge on any atom is -0.444 e. The third kappa shape index (κ3) is 5.21. The van der Waals surface area contributed by atoms with E-state index in [-0.39, 0.29) is 0 Å². The number of amides is 2. The van der Waals surface area contributed by atoms with Crippen LogP contribution in [0.15, 0.2) is 0 Å². The Labute approximate surface area is 88.9 Å². The normalized spacial score (nSPS) is 11.9. The van der Waals surface area contributed by atoms with Crippen molar-refractivity contribution in [1.29, 1.82) is 0 Å². The summed E-state index contributed by atoms with van der Waals surface area (Å²) in [6, 6.07) is 0. The molecule has 0 saturated carbocycles. The van der Waals surface area contributed by atoms with Crippen LogP contribution < -0.4 is 10.8 Å². The molecule has 88 valence electrons. The van der Waals surface area contributed by atoms with Gasteiger partial charge in [-0.15, -0.1) is 0 Å². The third-order valence-corrected chi connectivity index (χ3v) is 1.48. The quantitative estimate of drug-likeness (QED) is 0.472. The molecule has 2 amide bonds. The van der Waals surface area contributed by atoms with Crippen LogP contribution >= 0.6 is 0 Å². The van der Waals surface area contributed by atoms with Gasteiger partial charge in [-0.2, -0.15) is 0 Å². The van der Waals surface area contributed by atoms with E-state index in [1.54, 1.807) is 20.8 Å². The maximum atomic E-state index is 11.3. The van der Waals surface area contributed by atoms with E-state index in [0.717, 1.165) is 0 Å². The highest BCUT2D eigenvalue weighted by Crippen LogP contribution is 2.09. The predicted molar refractivity (Wildman–Crippen MR) is 53.4 cm³/mol. The highest BCUT2D eigenvalue weighted by atomic mass is 16.6. The molecule has 0 rings (SSSR count). The molecular weight excluding hydrogens is 200 g/mol. The molecule has 0 radical (unpaired) electrons. The summed E-state index contributed by atoms with van der Waals surface area (Å²) in [5.74, 6) is -0.714. The molecule has 6 heteroatoms. The van der Waals surface area contributed by atoms with E-state index in [1.807, 2.05) is 0 Å². The van der Waals surface area contributed by atoms with Gasteiger partial charge in [0.2, 0.25) is 0 Å². The fourth-order valence-corrected chi connectivity index (χ4v) is 0.755. The number of hydroxylamine groups is 1. The van der Waals surface area contributed by atoms with Gasteiger partial charge in [-0.05, 0) is 34.6 Å². The first-order chi connectivity index (χ1) is 6.58. The van der Waals surface area contributed by atoms with E-state index in [4.69, 9.17) is 9.94 Å². The summed E-state index contributed by atoms with van der Waals surface area (Å²) in [6.45, 7) is 8.04. The Morgan fingerprint density at radius 1 is 1.13 bits per heavy atom. The van der Waals surface area contributed by atoms with Crippen LogP contribution in [0.1, 0.15) is 34.6 Å². The second-order valence-electron chi connectivity index (χ2n) is 4.69. The standard InChI is InChI=1S/C9H18N2O4/c1-8(2,3)15-7(13)10-9(4,5)6(12)11-14/h14H,1-5H3,(H,10,13)(H,11,12). The smallest absolute Gasteiger partial charge is 0.408 e. The Morgan fingerprint density at radius 3 is 1.93 bits per heavy atom. The van der Waals surface area contributed by atoms with Gasteiger partial charge in [0, 0.05) is 0 Å². The summed E-state index contributed by atoms with van der Waals surface area (Å²) in [4.78, 5) is 22.4. The fourth-order valence-electron chi connectivity index (χ4n) is 0.755. The van der Waals surface area contributed by atoms with Crippen molar-refractivity contribution in [3.63, 3.8) is 0 Å². The van der Waals surface area contributed by atoms with Crippen molar-refractivity contribution < 1.29 is 19.5 Å². The van der Waals surface area contributed by atoms with Crippen LogP contribution in [0.5, 0.6) is 0 Å². The minimum absolute atomic E-state index is 0.629. The number of nitrogens with one attached hydrogen (secondary N) is 2. The maximum absolute atomic E-state index is 11.3. The SMILES string of the molecule is CC(C)(C)OC(=O)NC(C)(C)C(=O)NO. The van der Waals surface area contributed by atoms with Gasteiger partial charge < -0.3 is 10.1 Å². The molecule has 0 aliphatic rings. The number of ether oxygens (including phenoxy) is 1. The van der Waals surface area contributed by atoms with Crippen LogP contribution in [-0.2, 0) is 9.53 Å². The molecule has 0 bridgehead atoms. The third-order valence-electron chi connectivity index (χ3n) is 1.48. The summed E-state index contributed by atoms with van der Waals surface area (Å²) < 4.78 is 4.96. The van der Waals surface area contributed by atoms with Crippen molar-refractivity contribution >= 4 is 12.0 Å². The van der Waals surface area contributed by atoms with Gasteiger partial charge in [0.15, 0.2) is 0 Å². The predicted octanol–water partition coefficient (Wildman–Crippen LogP) is 0.795. The zero-order chi connectivity index (χ0) is 12.3. The fraction of sp³-hybridized carbons (Fsp3) is 0.778. The van der Waals surface area contributed by atoms with Gasteiger partial charge in [0.05, 0.1) is 0 Å². The van der Waals surface area contributed by atoms with Gasteiger partial charge in [-0.25, -0.2) is 10.3 Å². The lowest BCUT2D eigenvalue weighted by Crippen LogP contribution is -2.55. The van der Waals surface area contributed by atoms with Crippen LogP contribution in [0.25, 0.3) is 0 Å². The van der Waals surface area contributed by atoms with Gasteiger partial charge >= 0.3 is 6.09 Å². The zero-order valence-corrected chi connectivity index (χ0v) is 9.67. The van der Waals surface area contributed by atoms with Crippen molar-refractivity contribution in [1.82, 2.24) is 10.8 Å². The number of hydrogen-bond acceptors (Lipinski definition) is 4. The van der Waals surface area contributed by atoms with Crippen LogP contribution in [0.3, 0.4) is 0 Å². The summed E-state index contributed by atoms with van der Waals surface area (Å²) in [5, 5.41) is 10.8. The number of carbonyl (C=O) groups excluding carboxylic acids is 2. The van der Waals surface area contributed by atoms with E-state index in [9.17, 15) is 9.59 Å². The maximum Gasteiger partial charge on any atom is 0.408 e. The molecule has 0 aromatic heterocycles. The second kappa shape index (κ2) is 4.48. The average Bonchev–Trinajstić information content (AvgIpc) is 1.97. The molecule has 0 saturated heterocycles. The Bertz CT molecular complexity index is 255. The van der Waals surface area contributed by atoms with Gasteiger partial charge in [0.25, 0.3) is 5.91 Å². The highest BCUT2D eigenvalue weighted by molar-refractivity contribution is 5.88. The molecule has 0 spiro atoms. The Balaban J connectivity index is 4.35. The van der Waals surface area contributed by atoms with Crippen molar-refractivity contribution in [3.8, 4) is 0 Å². The van der Waals surface area contributed by atoms with E-state index < -0.39 is 23.1 Å². The Morgan fingerprint density at radius 2 is 1.60 bits per heavy atom. The molecule has 0 heterocycles. The molecule has 0 unspecified atom stereocenters. The Kier molecular flexibility index (Phi) is 4.09. The molecule has 0 fully saturated rings. The minimum atomic E-state index is -1.23. The summed E-state index contributed by atoms with van der Waals surface area (Å²) in [6.07, 6.45) is -0.712. The molecule has 0 aliphatic heterocycles. The number of carbonyl (C=O) groups is 2. The van der Waals surface area contributed by atoms with Gasteiger partial charge in [-0.3, -0.25) is 10.0 Å². The van der Waals surface area contributed by atoms with E-state index >= 15 is 0 Å². The number of rotatable bonds is 2. The van der Waals surface area contributed by atoms with Crippen molar-refractivity contribution in [3.05, 3.63) is 0 Å². The topological polar surface area (TPSA) is 87.7 Å². The number of alkyl carbamates (subject to hydrolysis) is 1. The van der Waals surface area contributed by atoms with E-state index in [1.165, 1.54) is 19.3 Å². The monoisotopic (exact) mass is 218 g/mol. The molecule has 0 atom stereocenters. The van der Waals surface area contributed by atoms with E-state index in [2.05, 4.69) is 5.32 Å². The Hall–Kier alpha value is -1.30. The molecule has 3 N–H and O–H groups in total. The zero-order valence-electron chi connectivity index (χ0n) is 9.67. The van der Waals surface area contributed by atoms with Gasteiger partial charge in [-0.1, -0.05) is 0 Å². The molecule has 0 aliphatic carbocycles. The molecule has 6 nitrogen and oxygen atoms in total. The summed E-state index contributed by atoms with van der Waals surface area (Å²) in [5.41, 5.74) is -0.390. The highest BCUT2D eigenvalue weighted by Gasteiger charge is 2.31. The summed E-state index contributed by atoms with van der Waals surface area (Å²) in [7, 11) is 0. The van der Waals surface area contributed by atoms with Gasteiger partial charge in [0.1, 0.15) is 11.1 Å². The van der Waals surface area contributed by atoms with Crippen molar-refractivity contribution in [2.75, 3.05) is 0 Å². The average molecular weight is 218 g/mol. The second-order valence-corrected chi connectivity index (χ2v) is 4.69. The summed E-state index contributed by atoms with van der Waals surface area (Å²) >= 11 is 0. The first-order valence-corrected chi connectivity index (χ1v) is 4.54.